The molecule has 0 spiro atoms. The first-order valence-electron chi connectivity index (χ1n) is 6.36. The second-order valence-electron chi connectivity index (χ2n) is 4.56. The van der Waals surface area contributed by atoms with Crippen LogP contribution in [0.15, 0.2) is 18.3 Å². The van der Waals surface area contributed by atoms with Crippen LogP contribution < -0.4 is 10.1 Å². The highest BCUT2D eigenvalue weighted by Gasteiger charge is 2.21. The van der Waals surface area contributed by atoms with Crippen LogP contribution in [0.3, 0.4) is 0 Å². The average Bonchev–Trinajstić information content (AvgIpc) is 2.85. The monoisotopic (exact) mass is 253 g/mol. The van der Waals surface area contributed by atoms with Crippen LogP contribution in [0, 0.1) is 0 Å². The van der Waals surface area contributed by atoms with Gasteiger partial charge in [0.25, 0.3) is 0 Å². The van der Waals surface area contributed by atoms with Gasteiger partial charge in [0.1, 0.15) is 0 Å². The SMILES string of the molecule is COc1ccc(N[C@H]2CCN(CCCF)C2)cn1. The average molecular weight is 253 g/mol. The van der Waals surface area contributed by atoms with Crippen molar-refractivity contribution in [1.82, 2.24) is 9.88 Å². The topological polar surface area (TPSA) is 37.4 Å². The lowest BCUT2D eigenvalue weighted by atomic mass is 10.2. The normalized spacial score (nSPS) is 20.0. The lowest BCUT2D eigenvalue weighted by Crippen LogP contribution is -2.27. The second kappa shape index (κ2) is 6.54. The van der Waals surface area contributed by atoms with Crippen molar-refractivity contribution in [3.63, 3.8) is 0 Å². The maximum atomic E-state index is 12.1. The summed E-state index contributed by atoms with van der Waals surface area (Å²) in [6.07, 6.45) is 3.51. The van der Waals surface area contributed by atoms with Gasteiger partial charge in [-0.15, -0.1) is 0 Å². The van der Waals surface area contributed by atoms with Crippen molar-refractivity contribution in [3.8, 4) is 5.88 Å². The molecule has 0 bridgehead atoms. The zero-order chi connectivity index (χ0) is 12.8. The molecule has 5 heteroatoms. The number of ether oxygens (including phenoxy) is 1. The first kappa shape index (κ1) is 13.1. The Kier molecular flexibility index (Phi) is 4.75. The lowest BCUT2D eigenvalue weighted by Gasteiger charge is -2.16. The predicted molar refractivity (Wildman–Crippen MR) is 69.8 cm³/mol. The Labute approximate surface area is 107 Å². The summed E-state index contributed by atoms with van der Waals surface area (Å²) in [5.41, 5.74) is 1.01. The number of methoxy groups -OCH3 is 1. The van der Waals surface area contributed by atoms with Gasteiger partial charge in [-0.1, -0.05) is 0 Å². The Morgan fingerprint density at radius 1 is 1.56 bits per heavy atom. The fourth-order valence-electron chi connectivity index (χ4n) is 2.26. The van der Waals surface area contributed by atoms with Crippen LogP contribution in [0.1, 0.15) is 12.8 Å². The van der Waals surface area contributed by atoms with E-state index in [-0.39, 0.29) is 6.67 Å². The number of hydrogen-bond donors (Lipinski definition) is 1. The largest absolute Gasteiger partial charge is 0.481 e. The van der Waals surface area contributed by atoms with Gasteiger partial charge in [-0.3, -0.25) is 4.39 Å². The van der Waals surface area contributed by atoms with E-state index in [9.17, 15) is 4.39 Å². The van der Waals surface area contributed by atoms with E-state index < -0.39 is 0 Å². The number of pyridine rings is 1. The third-order valence-corrected chi connectivity index (χ3v) is 3.20. The van der Waals surface area contributed by atoms with Crippen LogP contribution in [0.2, 0.25) is 0 Å². The molecular formula is C13H20FN3O. The Hall–Kier alpha value is -1.36. The number of anilines is 1. The van der Waals surface area contributed by atoms with Gasteiger partial charge in [0.15, 0.2) is 0 Å². The molecule has 0 unspecified atom stereocenters. The molecule has 100 valence electrons. The molecule has 0 aliphatic carbocycles. The molecule has 18 heavy (non-hydrogen) atoms. The Balaban J connectivity index is 1.79. The minimum absolute atomic E-state index is 0.225. The first-order chi connectivity index (χ1) is 8.81. The summed E-state index contributed by atoms with van der Waals surface area (Å²) < 4.78 is 17.1. The van der Waals surface area contributed by atoms with Crippen LogP contribution in [0.25, 0.3) is 0 Å². The highest BCUT2D eigenvalue weighted by atomic mass is 19.1. The lowest BCUT2D eigenvalue weighted by molar-refractivity contribution is 0.310. The standard InChI is InChI=1S/C13H20FN3O/c1-18-13-4-3-11(9-15-13)16-12-5-8-17(10-12)7-2-6-14/h3-4,9,12,16H,2,5-8,10H2,1H3/t12-/m0/s1. The smallest absolute Gasteiger partial charge is 0.213 e. The third kappa shape index (κ3) is 3.57. The minimum atomic E-state index is -0.225. The van der Waals surface area contributed by atoms with Gasteiger partial charge in [-0.2, -0.15) is 0 Å². The predicted octanol–water partition coefficient (Wildman–Crippen LogP) is 1.94. The summed E-state index contributed by atoms with van der Waals surface area (Å²) in [5.74, 6) is 0.622. The third-order valence-electron chi connectivity index (χ3n) is 3.20. The van der Waals surface area contributed by atoms with E-state index in [0.29, 0.717) is 18.3 Å². The number of likely N-dealkylation sites (tertiary alicyclic amines) is 1. The van der Waals surface area contributed by atoms with Crippen LogP contribution in [-0.4, -0.2) is 49.3 Å². The Morgan fingerprint density at radius 3 is 3.11 bits per heavy atom. The van der Waals surface area contributed by atoms with E-state index in [1.165, 1.54) is 0 Å². The number of rotatable bonds is 6. The molecule has 2 heterocycles. The van der Waals surface area contributed by atoms with E-state index in [1.807, 2.05) is 12.1 Å². The van der Waals surface area contributed by atoms with E-state index in [0.717, 1.165) is 31.7 Å². The van der Waals surface area contributed by atoms with Crippen molar-refractivity contribution in [2.75, 3.05) is 38.7 Å². The highest BCUT2D eigenvalue weighted by Crippen LogP contribution is 2.17. The molecule has 4 nitrogen and oxygen atoms in total. The fraction of sp³-hybridized carbons (Fsp3) is 0.615. The molecule has 0 saturated carbocycles. The number of nitrogens with one attached hydrogen (secondary N) is 1. The molecular weight excluding hydrogens is 233 g/mol. The fourth-order valence-corrected chi connectivity index (χ4v) is 2.26. The zero-order valence-corrected chi connectivity index (χ0v) is 10.7. The van der Waals surface area contributed by atoms with Crippen LogP contribution in [0.5, 0.6) is 5.88 Å². The highest BCUT2D eigenvalue weighted by molar-refractivity contribution is 5.43. The number of aromatic nitrogens is 1. The molecule has 1 aliphatic heterocycles. The number of alkyl halides is 1. The summed E-state index contributed by atoms with van der Waals surface area (Å²) >= 11 is 0. The van der Waals surface area contributed by atoms with Gasteiger partial charge < -0.3 is 15.0 Å². The minimum Gasteiger partial charge on any atom is -0.481 e. The summed E-state index contributed by atoms with van der Waals surface area (Å²) in [4.78, 5) is 6.46. The van der Waals surface area contributed by atoms with E-state index in [1.54, 1.807) is 13.3 Å². The van der Waals surface area contributed by atoms with E-state index >= 15 is 0 Å². The number of halogens is 1. The van der Waals surface area contributed by atoms with Crippen molar-refractivity contribution < 1.29 is 9.13 Å². The van der Waals surface area contributed by atoms with Gasteiger partial charge in [0.05, 0.1) is 25.7 Å². The second-order valence-corrected chi connectivity index (χ2v) is 4.56. The summed E-state index contributed by atoms with van der Waals surface area (Å²) in [7, 11) is 1.61. The first-order valence-corrected chi connectivity index (χ1v) is 6.36. The molecule has 1 atom stereocenters. The molecule has 1 aromatic rings. The summed E-state index contributed by atoms with van der Waals surface area (Å²) in [6, 6.07) is 4.24. The summed E-state index contributed by atoms with van der Waals surface area (Å²) in [6.45, 7) is 2.65. The molecule has 0 amide bonds. The van der Waals surface area contributed by atoms with Crippen molar-refractivity contribution >= 4 is 5.69 Å². The maximum absolute atomic E-state index is 12.1. The number of nitrogens with zero attached hydrogens (tertiary/aromatic N) is 2. The molecule has 0 radical (unpaired) electrons. The van der Waals surface area contributed by atoms with Crippen LogP contribution >= 0.6 is 0 Å². The molecule has 1 N–H and O–H groups in total. The van der Waals surface area contributed by atoms with E-state index in [2.05, 4.69) is 15.2 Å². The van der Waals surface area contributed by atoms with Gasteiger partial charge in [-0.25, -0.2) is 4.98 Å². The molecule has 1 saturated heterocycles. The molecule has 1 aliphatic rings. The van der Waals surface area contributed by atoms with Crippen molar-refractivity contribution in [2.24, 2.45) is 0 Å². The van der Waals surface area contributed by atoms with Crippen LogP contribution in [0.4, 0.5) is 10.1 Å². The molecule has 1 fully saturated rings. The Bertz CT molecular complexity index is 358. The zero-order valence-electron chi connectivity index (χ0n) is 10.7. The molecule has 0 aromatic carbocycles. The van der Waals surface area contributed by atoms with Crippen molar-refractivity contribution in [2.45, 2.75) is 18.9 Å². The summed E-state index contributed by atoms with van der Waals surface area (Å²) in [5, 5.41) is 3.45. The van der Waals surface area contributed by atoms with Gasteiger partial charge in [0.2, 0.25) is 5.88 Å². The van der Waals surface area contributed by atoms with E-state index in [4.69, 9.17) is 4.74 Å². The molecule has 2 rings (SSSR count). The Morgan fingerprint density at radius 2 is 2.44 bits per heavy atom. The van der Waals surface area contributed by atoms with Gasteiger partial charge in [-0.05, 0) is 18.9 Å². The van der Waals surface area contributed by atoms with Crippen molar-refractivity contribution in [1.29, 1.82) is 0 Å². The van der Waals surface area contributed by atoms with Crippen LogP contribution in [-0.2, 0) is 0 Å². The van der Waals surface area contributed by atoms with Gasteiger partial charge in [0, 0.05) is 31.7 Å². The van der Waals surface area contributed by atoms with Crippen molar-refractivity contribution in [3.05, 3.63) is 18.3 Å². The molecule has 1 aromatic heterocycles. The van der Waals surface area contributed by atoms with Gasteiger partial charge >= 0.3 is 0 Å². The maximum Gasteiger partial charge on any atom is 0.213 e. The quantitative estimate of drug-likeness (QED) is 0.840. The number of hydrogen-bond acceptors (Lipinski definition) is 4.